The maximum absolute atomic E-state index is 12.2. The monoisotopic (exact) mass is 348 g/mol. The number of rotatable bonds is 2. The van der Waals surface area contributed by atoms with Crippen LogP contribution in [-0.4, -0.2) is 35.5 Å². The fourth-order valence-electron chi connectivity index (χ4n) is 0.399. The van der Waals surface area contributed by atoms with Gasteiger partial charge in [-0.05, 0) is 0 Å². The fourth-order valence-corrected chi connectivity index (χ4v) is 3.07. The van der Waals surface area contributed by atoms with Crippen LogP contribution in [0.25, 0.3) is 0 Å². The first-order chi connectivity index (χ1) is 6.65. The molecule has 0 radical (unpaired) electrons. The Labute approximate surface area is 90.0 Å². The minimum atomic E-state index is -6.54. The van der Waals surface area contributed by atoms with E-state index in [2.05, 4.69) is 9.95 Å². The predicted octanol–water partition coefficient (Wildman–Crippen LogP) is 3.69. The average Bonchev–Trinajstić information content (AvgIpc) is 1.98. The normalized spacial score (nSPS) is 15.8. The fraction of sp³-hybridized carbons (Fsp3) is 1.00. The van der Waals surface area contributed by atoms with Crippen LogP contribution in [0.5, 0.6) is 0 Å². The third-order valence-electron chi connectivity index (χ3n) is 1.18. The molecule has 0 aromatic rings. The SMILES string of the molecule is FC(F)(F)C(F)(F)[As](Cl)C(F)(F)C(F)(F)F. The molecular weight excluding hydrogens is 348 g/mol. The Morgan fingerprint density at radius 1 is 0.562 bits per heavy atom. The molecule has 0 spiro atoms. The van der Waals surface area contributed by atoms with Crippen molar-refractivity contribution in [2.75, 3.05) is 0 Å². The summed E-state index contributed by atoms with van der Waals surface area (Å²) in [5.74, 6) is 0. The summed E-state index contributed by atoms with van der Waals surface area (Å²) >= 11 is -6.39. The van der Waals surface area contributed by atoms with Gasteiger partial charge in [0, 0.05) is 0 Å². The molecule has 0 aliphatic heterocycles. The van der Waals surface area contributed by atoms with E-state index in [9.17, 15) is 43.9 Å². The molecule has 0 aliphatic rings. The molecule has 0 nitrogen and oxygen atoms in total. The molecule has 0 aromatic heterocycles. The van der Waals surface area contributed by atoms with E-state index in [-0.39, 0.29) is 0 Å². The van der Waals surface area contributed by atoms with Gasteiger partial charge < -0.3 is 0 Å². The summed E-state index contributed by atoms with van der Waals surface area (Å²) in [6.45, 7) is 0. The molecule has 0 heterocycles. The molecule has 0 fully saturated rings. The first-order valence-corrected chi connectivity index (χ1v) is 7.35. The standard InChI is InChI=1S/C4AsClF10/c6-5(1(7,8)3(11,12)13)2(9,10)4(14,15)16. The third-order valence-corrected chi connectivity index (χ3v) is 6.51. The Bertz CT molecular complexity index is 227. The van der Waals surface area contributed by atoms with Gasteiger partial charge in [-0.25, -0.2) is 0 Å². The van der Waals surface area contributed by atoms with Gasteiger partial charge in [0.1, 0.15) is 0 Å². The Balaban J connectivity index is 5.30. The first-order valence-electron chi connectivity index (χ1n) is 3.01. The van der Waals surface area contributed by atoms with E-state index >= 15 is 0 Å². The Morgan fingerprint density at radius 2 is 0.750 bits per heavy atom. The van der Waals surface area contributed by atoms with Gasteiger partial charge in [-0.2, -0.15) is 0 Å². The van der Waals surface area contributed by atoms with Gasteiger partial charge in [0.2, 0.25) is 0 Å². The minimum absolute atomic E-state index is 4.04. The molecule has 0 saturated heterocycles. The summed E-state index contributed by atoms with van der Waals surface area (Å²) in [7, 11) is 4.04. The van der Waals surface area contributed by atoms with Crippen LogP contribution in [0.1, 0.15) is 0 Å². The molecule has 0 bridgehead atoms. The van der Waals surface area contributed by atoms with Gasteiger partial charge >= 0.3 is 89.3 Å². The quantitative estimate of drug-likeness (QED) is 0.527. The molecule has 0 amide bonds. The molecule has 16 heavy (non-hydrogen) atoms. The summed E-state index contributed by atoms with van der Waals surface area (Å²) in [5.41, 5.74) is 0. The molecular formula is C4AsClF10. The van der Waals surface area contributed by atoms with Gasteiger partial charge in [0.25, 0.3) is 0 Å². The van der Waals surface area contributed by atoms with Crippen molar-refractivity contribution in [1.82, 2.24) is 0 Å². The van der Waals surface area contributed by atoms with E-state index in [0.29, 0.717) is 0 Å². The summed E-state index contributed by atoms with van der Waals surface area (Å²) < 4.78 is 105. The van der Waals surface area contributed by atoms with Crippen molar-refractivity contribution < 1.29 is 43.9 Å². The van der Waals surface area contributed by atoms with E-state index in [4.69, 9.17) is 0 Å². The van der Waals surface area contributed by atoms with Crippen LogP contribution in [0.15, 0.2) is 0 Å². The summed E-state index contributed by atoms with van der Waals surface area (Å²) in [6, 6.07) is 0. The van der Waals surface area contributed by atoms with Crippen LogP contribution in [0.3, 0.4) is 0 Å². The van der Waals surface area contributed by atoms with Crippen molar-refractivity contribution in [3.05, 3.63) is 0 Å². The van der Waals surface area contributed by atoms with Gasteiger partial charge in [0.15, 0.2) is 0 Å². The zero-order valence-corrected chi connectivity index (χ0v) is 9.24. The summed E-state index contributed by atoms with van der Waals surface area (Å²) in [4.78, 5) is 0. The van der Waals surface area contributed by atoms with Gasteiger partial charge in [-0.15, -0.1) is 0 Å². The van der Waals surface area contributed by atoms with Crippen molar-refractivity contribution >= 4 is 23.7 Å². The van der Waals surface area contributed by atoms with Crippen molar-refractivity contribution in [3.63, 3.8) is 0 Å². The zero-order valence-electron chi connectivity index (χ0n) is 6.60. The zero-order chi connectivity index (χ0) is 13.6. The van der Waals surface area contributed by atoms with Crippen LogP contribution < -0.4 is 0 Å². The number of hydrogen-bond donors (Lipinski definition) is 0. The van der Waals surface area contributed by atoms with E-state index < -0.39 is 35.5 Å². The van der Waals surface area contributed by atoms with Gasteiger partial charge in [0.05, 0.1) is 0 Å². The van der Waals surface area contributed by atoms with E-state index in [1.54, 1.807) is 0 Å². The number of halogens is 11. The van der Waals surface area contributed by atoms with E-state index in [1.807, 2.05) is 0 Å². The van der Waals surface area contributed by atoms with Crippen molar-refractivity contribution in [3.8, 4) is 0 Å². The second-order valence-electron chi connectivity index (χ2n) is 2.36. The molecule has 0 saturated carbocycles. The Kier molecular flexibility index (Phi) is 4.15. The second kappa shape index (κ2) is 4.11. The van der Waals surface area contributed by atoms with Gasteiger partial charge in [-0.3, -0.25) is 0 Å². The second-order valence-corrected chi connectivity index (χ2v) is 7.65. The third kappa shape index (κ3) is 2.69. The number of alkyl halides is 10. The topological polar surface area (TPSA) is 0 Å². The molecule has 12 heteroatoms. The molecule has 0 rings (SSSR count). The molecule has 0 aliphatic carbocycles. The van der Waals surface area contributed by atoms with Crippen molar-refractivity contribution in [2.45, 2.75) is 21.8 Å². The summed E-state index contributed by atoms with van der Waals surface area (Å²) in [5, 5.41) is 0. The van der Waals surface area contributed by atoms with Crippen molar-refractivity contribution in [2.24, 2.45) is 0 Å². The van der Waals surface area contributed by atoms with Crippen molar-refractivity contribution in [1.29, 1.82) is 0 Å². The Hall–Kier alpha value is 0.148. The molecule has 0 atom stereocenters. The number of hydrogen-bond acceptors (Lipinski definition) is 0. The summed E-state index contributed by atoms with van der Waals surface area (Å²) in [6.07, 6.45) is -13.1. The maximum atomic E-state index is 12.2. The van der Waals surface area contributed by atoms with Crippen LogP contribution in [0, 0.1) is 0 Å². The van der Waals surface area contributed by atoms with E-state index in [0.717, 1.165) is 0 Å². The molecule has 0 unspecified atom stereocenters. The Morgan fingerprint density at radius 3 is 0.875 bits per heavy atom. The van der Waals surface area contributed by atoms with E-state index in [1.165, 1.54) is 0 Å². The molecule has 0 aromatic carbocycles. The van der Waals surface area contributed by atoms with Gasteiger partial charge in [-0.1, -0.05) is 0 Å². The molecule has 0 N–H and O–H groups in total. The average molecular weight is 348 g/mol. The van der Waals surface area contributed by atoms with Crippen LogP contribution in [-0.2, 0) is 0 Å². The van der Waals surface area contributed by atoms with Crippen LogP contribution in [0.2, 0.25) is 0 Å². The first kappa shape index (κ1) is 16.1. The predicted molar refractivity (Wildman–Crippen MR) is 33.6 cm³/mol. The van der Waals surface area contributed by atoms with Crippen LogP contribution in [0.4, 0.5) is 43.9 Å². The molecule has 98 valence electrons. The van der Waals surface area contributed by atoms with Crippen LogP contribution >= 0.6 is 9.95 Å².